The fourth-order valence-corrected chi connectivity index (χ4v) is 1.74. The van der Waals surface area contributed by atoms with Gasteiger partial charge in [0, 0.05) is 12.2 Å². The van der Waals surface area contributed by atoms with Crippen LogP contribution in [0.3, 0.4) is 0 Å². The zero-order valence-corrected chi connectivity index (χ0v) is 11.6. The van der Waals surface area contributed by atoms with Gasteiger partial charge in [-0.2, -0.15) is 0 Å². The highest BCUT2D eigenvalue weighted by atomic mass is 32.2. The van der Waals surface area contributed by atoms with E-state index in [1.165, 1.54) is 11.8 Å². The molecule has 0 spiro atoms. The second-order valence-corrected chi connectivity index (χ2v) is 5.09. The summed E-state index contributed by atoms with van der Waals surface area (Å²) in [6, 6.07) is 1.71. The smallest absolute Gasteiger partial charge is 0.270 e. The Morgan fingerprint density at radius 2 is 2.18 bits per heavy atom. The standard InChI is InChI=1S/C12H19N3OS/c1-8(2)5-6-13-11(16)10-7-9(3)14-12(15-10)17-4/h7-8H,5-6H2,1-4H3,(H,13,16). The fourth-order valence-electron chi connectivity index (χ4n) is 1.31. The summed E-state index contributed by atoms with van der Waals surface area (Å²) in [5.74, 6) is 0.468. The maximum atomic E-state index is 11.8. The summed E-state index contributed by atoms with van der Waals surface area (Å²) >= 11 is 1.44. The molecule has 0 saturated heterocycles. The molecular formula is C12H19N3OS. The Balaban J connectivity index is 2.65. The average Bonchev–Trinajstić information content (AvgIpc) is 2.27. The normalized spacial score (nSPS) is 10.6. The van der Waals surface area contributed by atoms with Gasteiger partial charge in [-0.05, 0) is 31.6 Å². The molecule has 94 valence electrons. The van der Waals surface area contributed by atoms with Gasteiger partial charge in [0.15, 0.2) is 5.16 Å². The van der Waals surface area contributed by atoms with Crippen LogP contribution in [0.2, 0.25) is 0 Å². The number of rotatable bonds is 5. The van der Waals surface area contributed by atoms with Crippen LogP contribution in [0, 0.1) is 12.8 Å². The summed E-state index contributed by atoms with van der Waals surface area (Å²) in [5.41, 5.74) is 1.27. The van der Waals surface area contributed by atoms with Crippen molar-refractivity contribution in [3.05, 3.63) is 17.5 Å². The third-order valence-electron chi connectivity index (χ3n) is 2.26. The lowest BCUT2D eigenvalue weighted by molar-refractivity contribution is 0.0946. The highest BCUT2D eigenvalue weighted by molar-refractivity contribution is 7.98. The molecule has 1 rings (SSSR count). The predicted molar refractivity (Wildman–Crippen MR) is 70.3 cm³/mol. The van der Waals surface area contributed by atoms with Crippen LogP contribution in [0.1, 0.15) is 36.5 Å². The molecule has 5 heteroatoms. The van der Waals surface area contributed by atoms with Crippen molar-refractivity contribution in [2.45, 2.75) is 32.3 Å². The summed E-state index contributed by atoms with van der Waals surface area (Å²) in [4.78, 5) is 20.2. The van der Waals surface area contributed by atoms with E-state index in [-0.39, 0.29) is 5.91 Å². The van der Waals surface area contributed by atoms with Crippen LogP contribution >= 0.6 is 11.8 Å². The zero-order chi connectivity index (χ0) is 12.8. The number of nitrogens with one attached hydrogen (secondary N) is 1. The van der Waals surface area contributed by atoms with Crippen LogP contribution in [0.25, 0.3) is 0 Å². The number of nitrogens with zero attached hydrogens (tertiary/aromatic N) is 2. The second-order valence-electron chi connectivity index (χ2n) is 4.32. The summed E-state index contributed by atoms with van der Waals surface area (Å²) in [6.07, 6.45) is 2.88. The van der Waals surface area contributed by atoms with Crippen LogP contribution in [-0.2, 0) is 0 Å². The molecule has 1 aromatic heterocycles. The van der Waals surface area contributed by atoms with Gasteiger partial charge in [0.25, 0.3) is 5.91 Å². The second kappa shape index (κ2) is 6.59. The van der Waals surface area contributed by atoms with Gasteiger partial charge in [0.05, 0.1) is 0 Å². The van der Waals surface area contributed by atoms with E-state index in [0.29, 0.717) is 23.3 Å². The van der Waals surface area contributed by atoms with Crippen LogP contribution < -0.4 is 5.32 Å². The van der Waals surface area contributed by atoms with E-state index < -0.39 is 0 Å². The Kier molecular flexibility index (Phi) is 5.41. The third-order valence-corrected chi connectivity index (χ3v) is 2.80. The molecule has 1 heterocycles. The minimum absolute atomic E-state index is 0.119. The Hall–Kier alpha value is -1.10. The molecule has 1 N–H and O–H groups in total. The van der Waals surface area contributed by atoms with Crippen LogP contribution in [0.5, 0.6) is 0 Å². The number of hydrogen-bond donors (Lipinski definition) is 1. The Morgan fingerprint density at radius 3 is 2.76 bits per heavy atom. The minimum Gasteiger partial charge on any atom is -0.351 e. The monoisotopic (exact) mass is 253 g/mol. The molecule has 0 saturated carbocycles. The molecule has 0 radical (unpaired) electrons. The lowest BCUT2D eigenvalue weighted by Gasteiger charge is -2.07. The van der Waals surface area contributed by atoms with Crippen molar-refractivity contribution in [2.75, 3.05) is 12.8 Å². The fraction of sp³-hybridized carbons (Fsp3) is 0.583. The van der Waals surface area contributed by atoms with Crippen molar-refractivity contribution >= 4 is 17.7 Å². The average molecular weight is 253 g/mol. The number of carbonyl (C=O) groups excluding carboxylic acids is 1. The molecule has 0 aliphatic rings. The quantitative estimate of drug-likeness (QED) is 0.646. The van der Waals surface area contributed by atoms with Crippen molar-refractivity contribution in [3.63, 3.8) is 0 Å². The number of hydrogen-bond acceptors (Lipinski definition) is 4. The van der Waals surface area contributed by atoms with Crippen molar-refractivity contribution in [3.8, 4) is 0 Å². The zero-order valence-electron chi connectivity index (χ0n) is 10.8. The topological polar surface area (TPSA) is 54.9 Å². The Labute approximate surface area is 107 Å². The molecular weight excluding hydrogens is 234 g/mol. The molecule has 17 heavy (non-hydrogen) atoms. The van der Waals surface area contributed by atoms with Gasteiger partial charge in [-0.15, -0.1) is 0 Å². The van der Waals surface area contributed by atoms with Crippen molar-refractivity contribution in [1.82, 2.24) is 15.3 Å². The predicted octanol–water partition coefficient (Wildman–Crippen LogP) is 2.28. The van der Waals surface area contributed by atoms with E-state index in [2.05, 4.69) is 29.1 Å². The van der Waals surface area contributed by atoms with Gasteiger partial charge < -0.3 is 5.32 Å². The number of carbonyl (C=O) groups is 1. The molecule has 1 aromatic rings. The van der Waals surface area contributed by atoms with Gasteiger partial charge in [0.1, 0.15) is 5.69 Å². The lowest BCUT2D eigenvalue weighted by Crippen LogP contribution is -2.26. The summed E-state index contributed by atoms with van der Waals surface area (Å²) in [7, 11) is 0. The number of aromatic nitrogens is 2. The first-order valence-electron chi connectivity index (χ1n) is 5.70. The van der Waals surface area contributed by atoms with E-state index in [0.717, 1.165) is 12.1 Å². The van der Waals surface area contributed by atoms with E-state index in [9.17, 15) is 4.79 Å². The van der Waals surface area contributed by atoms with Crippen molar-refractivity contribution in [2.24, 2.45) is 5.92 Å². The van der Waals surface area contributed by atoms with Crippen LogP contribution in [0.15, 0.2) is 11.2 Å². The molecule has 0 fully saturated rings. The highest BCUT2D eigenvalue weighted by Crippen LogP contribution is 2.10. The number of amides is 1. The summed E-state index contributed by atoms with van der Waals surface area (Å²) in [5, 5.41) is 3.51. The van der Waals surface area contributed by atoms with Crippen LogP contribution in [-0.4, -0.2) is 28.7 Å². The highest BCUT2D eigenvalue weighted by Gasteiger charge is 2.09. The third kappa shape index (κ3) is 4.73. The first-order valence-corrected chi connectivity index (χ1v) is 6.93. The SMILES string of the molecule is CSc1nc(C)cc(C(=O)NCCC(C)C)n1. The van der Waals surface area contributed by atoms with E-state index in [1.54, 1.807) is 6.07 Å². The van der Waals surface area contributed by atoms with Crippen molar-refractivity contribution in [1.29, 1.82) is 0 Å². The first-order chi connectivity index (χ1) is 8.02. The first kappa shape index (κ1) is 14.0. The maximum absolute atomic E-state index is 11.8. The van der Waals surface area contributed by atoms with Crippen molar-refractivity contribution < 1.29 is 4.79 Å². The lowest BCUT2D eigenvalue weighted by atomic mass is 10.1. The molecule has 4 nitrogen and oxygen atoms in total. The van der Waals surface area contributed by atoms with E-state index in [1.807, 2.05) is 13.2 Å². The molecule has 0 unspecified atom stereocenters. The van der Waals surface area contributed by atoms with Gasteiger partial charge >= 0.3 is 0 Å². The maximum Gasteiger partial charge on any atom is 0.270 e. The van der Waals surface area contributed by atoms with E-state index in [4.69, 9.17) is 0 Å². The number of aryl methyl sites for hydroxylation is 1. The molecule has 0 bridgehead atoms. The van der Waals surface area contributed by atoms with Gasteiger partial charge in [-0.25, -0.2) is 9.97 Å². The van der Waals surface area contributed by atoms with Gasteiger partial charge in [0.2, 0.25) is 0 Å². The molecule has 0 aliphatic carbocycles. The Bertz CT molecular complexity index is 393. The van der Waals surface area contributed by atoms with Gasteiger partial charge in [-0.1, -0.05) is 25.6 Å². The molecule has 1 amide bonds. The molecule has 0 aromatic carbocycles. The minimum atomic E-state index is -0.119. The van der Waals surface area contributed by atoms with Crippen LogP contribution in [0.4, 0.5) is 0 Å². The molecule has 0 atom stereocenters. The molecule has 0 aliphatic heterocycles. The largest absolute Gasteiger partial charge is 0.351 e. The van der Waals surface area contributed by atoms with Gasteiger partial charge in [-0.3, -0.25) is 4.79 Å². The Morgan fingerprint density at radius 1 is 1.47 bits per heavy atom. The summed E-state index contributed by atoms with van der Waals surface area (Å²) in [6.45, 7) is 6.82. The summed E-state index contributed by atoms with van der Waals surface area (Å²) < 4.78 is 0. The number of thioether (sulfide) groups is 1. The van der Waals surface area contributed by atoms with E-state index >= 15 is 0 Å².